The minimum absolute atomic E-state index is 0.0337. The van der Waals surface area contributed by atoms with Crippen molar-refractivity contribution in [3.8, 4) is 0 Å². The molecule has 1 fully saturated rings. The maximum Gasteiger partial charge on any atom is 0.274 e. The largest absolute Gasteiger partial charge is 0.327 e. The van der Waals surface area contributed by atoms with E-state index in [0.717, 1.165) is 56.1 Å². The van der Waals surface area contributed by atoms with Crippen LogP contribution in [0.3, 0.4) is 0 Å². The first-order chi connectivity index (χ1) is 12.1. The first-order valence-corrected chi connectivity index (χ1v) is 9.05. The Kier molecular flexibility index (Phi) is 4.25. The zero-order valence-electron chi connectivity index (χ0n) is 14.7. The number of hydrogen-bond donors (Lipinski definition) is 2. The number of aromatic amines is 1. The maximum absolute atomic E-state index is 12.9. The van der Waals surface area contributed by atoms with Gasteiger partial charge in [-0.3, -0.25) is 9.89 Å². The van der Waals surface area contributed by atoms with Gasteiger partial charge in [0, 0.05) is 49.2 Å². The molecule has 25 heavy (non-hydrogen) atoms. The van der Waals surface area contributed by atoms with Crippen LogP contribution in [-0.4, -0.2) is 44.1 Å². The summed E-state index contributed by atoms with van der Waals surface area (Å²) in [5, 5.41) is 10.5. The normalized spacial score (nSPS) is 20.1. The summed E-state index contributed by atoms with van der Waals surface area (Å²) in [5.74, 6) is 1.06. The number of hydrogen-bond acceptors (Lipinski definition) is 5. The van der Waals surface area contributed by atoms with E-state index >= 15 is 0 Å². The maximum atomic E-state index is 12.9. The average Bonchev–Trinajstić information content (AvgIpc) is 3.30. The molecule has 2 aromatic heterocycles. The van der Waals surface area contributed by atoms with Crippen molar-refractivity contribution in [3.63, 3.8) is 0 Å². The van der Waals surface area contributed by atoms with Gasteiger partial charge in [-0.05, 0) is 24.8 Å². The van der Waals surface area contributed by atoms with E-state index in [4.69, 9.17) is 4.98 Å². The molecule has 2 aromatic rings. The van der Waals surface area contributed by atoms with Crippen LogP contribution in [0.4, 0.5) is 0 Å². The van der Waals surface area contributed by atoms with Crippen LogP contribution in [-0.2, 0) is 13.0 Å². The quantitative estimate of drug-likeness (QED) is 0.892. The third-order valence-corrected chi connectivity index (χ3v) is 5.08. The van der Waals surface area contributed by atoms with Gasteiger partial charge in [0.2, 0.25) is 0 Å². The molecule has 1 atom stereocenters. The summed E-state index contributed by atoms with van der Waals surface area (Å²) in [5.41, 5.74) is 3.75. The number of H-pyrrole nitrogens is 1. The molecule has 0 bridgehead atoms. The molecule has 4 rings (SSSR count). The first kappa shape index (κ1) is 16.2. The highest BCUT2D eigenvalue weighted by Crippen LogP contribution is 2.31. The van der Waals surface area contributed by atoms with Crippen LogP contribution in [0.15, 0.2) is 12.3 Å². The van der Waals surface area contributed by atoms with E-state index in [1.807, 2.05) is 17.2 Å². The molecule has 1 saturated heterocycles. The summed E-state index contributed by atoms with van der Waals surface area (Å²) in [7, 11) is 0. The monoisotopic (exact) mass is 340 g/mol. The molecule has 2 N–H and O–H groups in total. The number of carbonyl (C=O) groups excluding carboxylic acids is 1. The van der Waals surface area contributed by atoms with Crippen LogP contribution in [0.1, 0.15) is 71.9 Å². The predicted octanol–water partition coefficient (Wildman–Crippen LogP) is 1.95. The van der Waals surface area contributed by atoms with Gasteiger partial charge in [-0.2, -0.15) is 5.10 Å². The zero-order valence-corrected chi connectivity index (χ0v) is 14.7. The van der Waals surface area contributed by atoms with Crippen LogP contribution in [0.2, 0.25) is 0 Å². The van der Waals surface area contributed by atoms with E-state index in [9.17, 15) is 4.79 Å². The lowest BCUT2D eigenvalue weighted by Gasteiger charge is -2.24. The van der Waals surface area contributed by atoms with Gasteiger partial charge in [-0.25, -0.2) is 9.97 Å². The number of nitrogens with one attached hydrogen (secondary N) is 2. The van der Waals surface area contributed by atoms with Crippen molar-refractivity contribution in [1.29, 1.82) is 0 Å². The van der Waals surface area contributed by atoms with E-state index in [-0.39, 0.29) is 11.9 Å². The molecule has 1 unspecified atom stereocenters. The van der Waals surface area contributed by atoms with Gasteiger partial charge in [0.25, 0.3) is 5.91 Å². The number of carbonyl (C=O) groups is 1. The fraction of sp³-hybridized carbons (Fsp3) is 0.556. The zero-order chi connectivity index (χ0) is 17.4. The highest BCUT2D eigenvalue weighted by Gasteiger charge is 2.34. The van der Waals surface area contributed by atoms with E-state index in [1.165, 1.54) is 5.56 Å². The molecule has 0 radical (unpaired) electrons. The van der Waals surface area contributed by atoms with Gasteiger partial charge >= 0.3 is 0 Å². The van der Waals surface area contributed by atoms with Gasteiger partial charge in [0.15, 0.2) is 5.82 Å². The summed E-state index contributed by atoms with van der Waals surface area (Å²) in [4.78, 5) is 24.2. The molecular weight excluding hydrogens is 316 g/mol. The third-order valence-electron chi connectivity index (χ3n) is 5.08. The third kappa shape index (κ3) is 3.04. The van der Waals surface area contributed by atoms with E-state index in [0.29, 0.717) is 11.6 Å². The Labute approximate surface area is 147 Å². The number of amides is 1. The van der Waals surface area contributed by atoms with E-state index in [2.05, 4.69) is 34.3 Å². The lowest BCUT2D eigenvalue weighted by molar-refractivity contribution is 0.0723. The van der Waals surface area contributed by atoms with Crippen molar-refractivity contribution < 1.29 is 4.79 Å². The van der Waals surface area contributed by atoms with E-state index < -0.39 is 0 Å². The molecule has 0 aliphatic carbocycles. The lowest BCUT2D eigenvalue weighted by atomic mass is 10.1. The number of rotatable bonds is 3. The Morgan fingerprint density at radius 3 is 3.08 bits per heavy atom. The molecule has 0 aromatic carbocycles. The second kappa shape index (κ2) is 6.55. The number of likely N-dealkylation sites (tertiary alicyclic amines) is 1. The summed E-state index contributed by atoms with van der Waals surface area (Å²) >= 11 is 0. The fourth-order valence-corrected chi connectivity index (χ4v) is 3.58. The first-order valence-electron chi connectivity index (χ1n) is 9.05. The SMILES string of the molecule is CC(C)c1cc(C(=O)N2CCCC2c2ncc3c(n2)CCNC3)n[nH]1. The molecule has 0 spiro atoms. The molecule has 0 saturated carbocycles. The summed E-state index contributed by atoms with van der Waals surface area (Å²) < 4.78 is 0. The van der Waals surface area contributed by atoms with Gasteiger partial charge in [-0.15, -0.1) is 0 Å². The van der Waals surface area contributed by atoms with Crippen molar-refractivity contribution in [3.05, 3.63) is 40.7 Å². The van der Waals surface area contributed by atoms with Crippen LogP contribution in [0, 0.1) is 0 Å². The Morgan fingerprint density at radius 1 is 1.40 bits per heavy atom. The summed E-state index contributed by atoms with van der Waals surface area (Å²) in [6.45, 7) is 6.66. The molecule has 2 aliphatic heterocycles. The van der Waals surface area contributed by atoms with Gasteiger partial charge in [0.05, 0.1) is 6.04 Å². The van der Waals surface area contributed by atoms with Crippen LogP contribution in [0.25, 0.3) is 0 Å². The predicted molar refractivity (Wildman–Crippen MR) is 93.1 cm³/mol. The van der Waals surface area contributed by atoms with Gasteiger partial charge in [-0.1, -0.05) is 13.8 Å². The standard InChI is InChI=1S/C18H24N6O/c1-11(2)14-8-15(23-22-14)18(25)24-7-3-4-16(24)17-20-10-12-9-19-6-5-13(12)21-17/h8,10-11,16,19H,3-7,9H2,1-2H3,(H,22,23). The minimum Gasteiger partial charge on any atom is -0.327 e. The second-order valence-corrected chi connectivity index (χ2v) is 7.15. The average molecular weight is 340 g/mol. The fourth-order valence-electron chi connectivity index (χ4n) is 3.58. The minimum atomic E-state index is -0.0492. The number of aromatic nitrogens is 4. The smallest absolute Gasteiger partial charge is 0.274 e. The lowest BCUT2D eigenvalue weighted by Crippen LogP contribution is -2.32. The Balaban J connectivity index is 1.58. The molecule has 2 aliphatic rings. The van der Waals surface area contributed by atoms with Crippen LogP contribution in [0.5, 0.6) is 0 Å². The van der Waals surface area contributed by atoms with Crippen molar-refractivity contribution >= 4 is 5.91 Å². The van der Waals surface area contributed by atoms with Crippen molar-refractivity contribution in [1.82, 2.24) is 30.4 Å². The van der Waals surface area contributed by atoms with E-state index in [1.54, 1.807) is 0 Å². The summed E-state index contributed by atoms with van der Waals surface area (Å²) in [6, 6.07) is 1.81. The van der Waals surface area contributed by atoms with Crippen molar-refractivity contribution in [2.24, 2.45) is 0 Å². The van der Waals surface area contributed by atoms with Gasteiger partial charge in [0.1, 0.15) is 5.69 Å². The topological polar surface area (TPSA) is 86.8 Å². The number of fused-ring (bicyclic) bond motifs is 1. The molecule has 132 valence electrons. The van der Waals surface area contributed by atoms with Gasteiger partial charge < -0.3 is 10.2 Å². The highest BCUT2D eigenvalue weighted by atomic mass is 16.2. The summed E-state index contributed by atoms with van der Waals surface area (Å²) in [6.07, 6.45) is 4.71. The van der Waals surface area contributed by atoms with Crippen molar-refractivity contribution in [2.45, 2.75) is 51.6 Å². The molecule has 1 amide bonds. The Morgan fingerprint density at radius 2 is 2.28 bits per heavy atom. The number of nitrogens with zero attached hydrogens (tertiary/aromatic N) is 4. The van der Waals surface area contributed by atoms with Crippen LogP contribution < -0.4 is 5.32 Å². The Hall–Kier alpha value is -2.28. The van der Waals surface area contributed by atoms with Crippen LogP contribution >= 0.6 is 0 Å². The molecule has 7 nitrogen and oxygen atoms in total. The highest BCUT2D eigenvalue weighted by molar-refractivity contribution is 5.92. The Bertz CT molecular complexity index is 784. The molecule has 4 heterocycles. The molecular formula is C18H24N6O. The second-order valence-electron chi connectivity index (χ2n) is 7.15. The van der Waals surface area contributed by atoms with Crippen molar-refractivity contribution in [2.75, 3.05) is 13.1 Å². The molecule has 7 heteroatoms.